The summed E-state index contributed by atoms with van der Waals surface area (Å²) < 4.78 is 0. The monoisotopic (exact) mass is 332 g/mol. The minimum absolute atomic E-state index is 0.0331. The summed E-state index contributed by atoms with van der Waals surface area (Å²) in [4.78, 5) is 28.0. The zero-order valence-corrected chi connectivity index (χ0v) is 13.4. The lowest BCUT2D eigenvalue weighted by Crippen LogP contribution is -2.24. The van der Waals surface area contributed by atoms with E-state index in [1.54, 1.807) is 18.5 Å². The van der Waals surface area contributed by atoms with Gasteiger partial charge >= 0.3 is 6.09 Å². The first-order valence-electron chi connectivity index (χ1n) is 8.13. The van der Waals surface area contributed by atoms with Crippen LogP contribution >= 0.6 is 0 Å². The third-order valence-electron chi connectivity index (χ3n) is 4.71. The van der Waals surface area contributed by atoms with Crippen molar-refractivity contribution < 1.29 is 14.7 Å². The number of rotatable bonds is 3. The third kappa shape index (κ3) is 2.74. The van der Waals surface area contributed by atoms with E-state index in [-0.39, 0.29) is 11.8 Å². The fraction of sp³-hybridized carbons (Fsp3) is 0.150. The van der Waals surface area contributed by atoms with Crippen molar-refractivity contribution in [1.29, 1.82) is 0 Å². The second-order valence-corrected chi connectivity index (χ2v) is 6.19. The number of pyridine rings is 1. The van der Waals surface area contributed by atoms with Gasteiger partial charge in [0.1, 0.15) is 0 Å². The molecule has 1 aliphatic carbocycles. The zero-order valence-electron chi connectivity index (χ0n) is 13.4. The van der Waals surface area contributed by atoms with Crippen molar-refractivity contribution in [1.82, 2.24) is 10.3 Å². The van der Waals surface area contributed by atoms with Crippen molar-refractivity contribution >= 4 is 22.6 Å². The smallest absolute Gasteiger partial charge is 0.405 e. The molecule has 124 valence electrons. The lowest BCUT2D eigenvalue weighted by atomic mass is 9.96. The van der Waals surface area contributed by atoms with Crippen LogP contribution in [0, 0.1) is 0 Å². The minimum Gasteiger partial charge on any atom is -0.465 e. The van der Waals surface area contributed by atoms with Gasteiger partial charge in [0.05, 0.1) is 6.04 Å². The van der Waals surface area contributed by atoms with E-state index in [4.69, 9.17) is 5.11 Å². The van der Waals surface area contributed by atoms with Crippen LogP contribution < -0.4 is 5.32 Å². The Bertz CT molecular complexity index is 992. The molecule has 0 saturated heterocycles. The second kappa shape index (κ2) is 6.02. The lowest BCUT2D eigenvalue weighted by molar-refractivity contribution is 0.104. The average Bonchev–Trinajstić information content (AvgIpc) is 3.02. The van der Waals surface area contributed by atoms with E-state index in [0.29, 0.717) is 11.1 Å². The molecule has 0 radical (unpaired) electrons. The number of aryl methyl sites for hydroxylation is 1. The molecule has 1 aromatic heterocycles. The zero-order chi connectivity index (χ0) is 17.4. The standard InChI is InChI=1S/C20H16N2O3/c23-19(17-3-1-2-14-11-21-9-8-15(14)17)13-4-6-16-12(10-13)5-7-18(16)22-20(24)25/h1-4,6,8-11,18,22H,5,7H2,(H,24,25)/t18-/m1/s1. The number of aromatic nitrogens is 1. The predicted molar refractivity (Wildman–Crippen MR) is 93.8 cm³/mol. The van der Waals surface area contributed by atoms with E-state index in [1.807, 2.05) is 36.4 Å². The quantitative estimate of drug-likeness (QED) is 0.716. The predicted octanol–water partition coefficient (Wildman–Crippen LogP) is 3.72. The number of amides is 1. The maximum Gasteiger partial charge on any atom is 0.405 e. The molecule has 0 fully saturated rings. The summed E-state index contributed by atoms with van der Waals surface area (Å²) in [7, 11) is 0. The van der Waals surface area contributed by atoms with Gasteiger partial charge in [0.15, 0.2) is 5.78 Å². The number of carboxylic acid groups (broad SMARTS) is 1. The van der Waals surface area contributed by atoms with Crippen molar-refractivity contribution in [3.63, 3.8) is 0 Å². The summed E-state index contributed by atoms with van der Waals surface area (Å²) in [5.74, 6) is -0.0331. The van der Waals surface area contributed by atoms with E-state index >= 15 is 0 Å². The van der Waals surface area contributed by atoms with Crippen LogP contribution in [0.1, 0.15) is 39.5 Å². The van der Waals surface area contributed by atoms with Crippen molar-refractivity contribution in [2.75, 3.05) is 0 Å². The Morgan fingerprint density at radius 3 is 2.88 bits per heavy atom. The van der Waals surface area contributed by atoms with Crippen LogP contribution in [0.5, 0.6) is 0 Å². The van der Waals surface area contributed by atoms with Gasteiger partial charge in [0.25, 0.3) is 0 Å². The Kier molecular flexibility index (Phi) is 3.69. The number of benzene rings is 2. The molecule has 3 aromatic rings. The molecule has 2 N–H and O–H groups in total. The Labute approximate surface area is 144 Å². The highest BCUT2D eigenvalue weighted by molar-refractivity contribution is 6.16. The van der Waals surface area contributed by atoms with Crippen LogP contribution in [0.4, 0.5) is 4.79 Å². The molecule has 5 heteroatoms. The van der Waals surface area contributed by atoms with Crippen LogP contribution in [0.15, 0.2) is 54.9 Å². The Hall–Kier alpha value is -3.21. The molecule has 1 aliphatic rings. The van der Waals surface area contributed by atoms with Crippen LogP contribution in [0.3, 0.4) is 0 Å². The summed E-state index contributed by atoms with van der Waals surface area (Å²) in [6.07, 6.45) is 3.89. The number of nitrogens with zero attached hydrogens (tertiary/aromatic N) is 1. The molecule has 25 heavy (non-hydrogen) atoms. The molecular weight excluding hydrogens is 316 g/mol. The van der Waals surface area contributed by atoms with E-state index in [2.05, 4.69) is 10.3 Å². The molecule has 4 rings (SSSR count). The van der Waals surface area contributed by atoms with Crippen molar-refractivity contribution in [3.8, 4) is 0 Å². The lowest BCUT2D eigenvalue weighted by Gasteiger charge is -2.12. The van der Waals surface area contributed by atoms with Crippen LogP contribution in [0.25, 0.3) is 10.8 Å². The van der Waals surface area contributed by atoms with Gasteiger partial charge in [-0.15, -0.1) is 0 Å². The molecule has 2 aromatic carbocycles. The van der Waals surface area contributed by atoms with Crippen molar-refractivity contribution in [2.24, 2.45) is 0 Å². The van der Waals surface area contributed by atoms with E-state index in [1.165, 1.54) is 0 Å². The molecule has 1 atom stereocenters. The van der Waals surface area contributed by atoms with Gasteiger partial charge < -0.3 is 10.4 Å². The Morgan fingerprint density at radius 1 is 1.16 bits per heavy atom. The highest BCUT2D eigenvalue weighted by atomic mass is 16.4. The summed E-state index contributed by atoms with van der Waals surface area (Å²) in [5.41, 5.74) is 3.27. The minimum atomic E-state index is -1.03. The van der Waals surface area contributed by atoms with Crippen molar-refractivity contribution in [3.05, 3.63) is 77.1 Å². The first-order valence-corrected chi connectivity index (χ1v) is 8.13. The van der Waals surface area contributed by atoms with Crippen molar-refractivity contribution in [2.45, 2.75) is 18.9 Å². The molecule has 0 unspecified atom stereocenters. The summed E-state index contributed by atoms with van der Waals surface area (Å²) >= 11 is 0. The summed E-state index contributed by atoms with van der Waals surface area (Å²) in [6, 6.07) is 12.8. The molecule has 1 heterocycles. The average molecular weight is 332 g/mol. The largest absolute Gasteiger partial charge is 0.465 e. The van der Waals surface area contributed by atoms with Gasteiger partial charge in [0.2, 0.25) is 0 Å². The molecular formula is C20H16N2O3. The van der Waals surface area contributed by atoms with Gasteiger partial charge in [-0.2, -0.15) is 0 Å². The number of hydrogen-bond acceptors (Lipinski definition) is 3. The SMILES string of the molecule is O=C(O)N[C@@H]1CCc2cc(C(=O)c3cccc4cnccc34)ccc21. The third-order valence-corrected chi connectivity index (χ3v) is 4.71. The second-order valence-electron chi connectivity index (χ2n) is 6.19. The summed E-state index contributed by atoms with van der Waals surface area (Å²) in [6.45, 7) is 0. The fourth-order valence-electron chi connectivity index (χ4n) is 3.53. The van der Waals surface area contributed by atoms with Crippen LogP contribution in [0.2, 0.25) is 0 Å². The summed E-state index contributed by atoms with van der Waals surface area (Å²) in [5, 5.41) is 13.3. The maximum absolute atomic E-state index is 13.0. The van der Waals surface area contributed by atoms with Crippen LogP contribution in [-0.4, -0.2) is 22.0 Å². The van der Waals surface area contributed by atoms with E-state index in [9.17, 15) is 9.59 Å². The number of ketones is 1. The molecule has 0 aliphatic heterocycles. The number of carbonyl (C=O) groups excluding carboxylic acids is 1. The highest BCUT2D eigenvalue weighted by Crippen LogP contribution is 2.32. The van der Waals surface area contributed by atoms with Gasteiger partial charge in [-0.25, -0.2) is 4.79 Å². The van der Waals surface area contributed by atoms with Crippen LogP contribution in [-0.2, 0) is 6.42 Å². The molecule has 1 amide bonds. The molecule has 0 saturated carbocycles. The van der Waals surface area contributed by atoms with Gasteiger partial charge in [-0.05, 0) is 41.5 Å². The fourth-order valence-corrected chi connectivity index (χ4v) is 3.53. The molecule has 0 spiro atoms. The van der Waals surface area contributed by atoms with Gasteiger partial charge in [-0.1, -0.05) is 30.3 Å². The topological polar surface area (TPSA) is 79.3 Å². The first-order chi connectivity index (χ1) is 12.1. The van der Waals surface area contributed by atoms with E-state index < -0.39 is 6.09 Å². The number of nitrogens with one attached hydrogen (secondary N) is 1. The number of fused-ring (bicyclic) bond motifs is 2. The Morgan fingerprint density at radius 2 is 2.04 bits per heavy atom. The van der Waals surface area contributed by atoms with E-state index in [0.717, 1.165) is 34.7 Å². The van der Waals surface area contributed by atoms with Gasteiger partial charge in [0, 0.05) is 28.9 Å². The maximum atomic E-state index is 13.0. The Balaban J connectivity index is 1.71. The number of carbonyl (C=O) groups is 2. The normalized spacial score (nSPS) is 15.8. The molecule has 5 nitrogen and oxygen atoms in total. The number of hydrogen-bond donors (Lipinski definition) is 2. The first kappa shape index (κ1) is 15.3. The highest BCUT2D eigenvalue weighted by Gasteiger charge is 2.25. The van der Waals surface area contributed by atoms with Gasteiger partial charge in [-0.3, -0.25) is 9.78 Å². The molecule has 0 bridgehead atoms.